The number of aryl methyl sites for hydroxylation is 1. The molecular weight excluding hydrogens is 204 g/mol. The molecule has 84 valence electrons. The minimum absolute atomic E-state index is 0.775. The Morgan fingerprint density at radius 3 is 2.80 bits per heavy atom. The van der Waals surface area contributed by atoms with E-state index < -0.39 is 0 Å². The second-order valence-corrected chi connectivity index (χ2v) is 5.62. The Kier molecular flexibility index (Phi) is 3.76. The van der Waals surface area contributed by atoms with E-state index in [9.17, 15) is 0 Å². The van der Waals surface area contributed by atoms with Gasteiger partial charge in [-0.2, -0.15) is 0 Å². The maximum atomic E-state index is 4.81. The number of rotatable bonds is 4. The molecule has 0 aromatic carbocycles. The van der Waals surface area contributed by atoms with Crippen LogP contribution in [0.4, 0.5) is 0 Å². The van der Waals surface area contributed by atoms with Crippen LogP contribution < -0.4 is 5.32 Å². The molecule has 0 unspecified atom stereocenters. The predicted molar refractivity (Wildman–Crippen MR) is 65.7 cm³/mol. The third-order valence-corrected chi connectivity index (χ3v) is 4.40. The second-order valence-electron chi connectivity index (χ2n) is 4.39. The molecular formula is C12H20N2S. The number of hydrogen-bond acceptors (Lipinski definition) is 3. The molecule has 1 aliphatic rings. The third-order valence-electron chi connectivity index (χ3n) is 3.23. The molecule has 1 aromatic heterocycles. The van der Waals surface area contributed by atoms with Gasteiger partial charge >= 0.3 is 0 Å². The molecule has 1 saturated carbocycles. The summed E-state index contributed by atoms with van der Waals surface area (Å²) in [6, 6.07) is 0. The maximum absolute atomic E-state index is 4.81. The summed E-state index contributed by atoms with van der Waals surface area (Å²) in [6.45, 7) is 3.25. The Bertz CT molecular complexity index is 313. The van der Waals surface area contributed by atoms with E-state index in [1.54, 1.807) is 0 Å². The molecule has 2 nitrogen and oxygen atoms in total. The highest BCUT2D eigenvalue weighted by Gasteiger charge is 2.21. The number of hydrogen-bond donors (Lipinski definition) is 1. The normalized spacial score (nSPS) is 17.5. The van der Waals surface area contributed by atoms with Gasteiger partial charge in [0.2, 0.25) is 0 Å². The zero-order chi connectivity index (χ0) is 10.7. The van der Waals surface area contributed by atoms with Crippen LogP contribution in [0.2, 0.25) is 0 Å². The number of nitrogens with zero attached hydrogens (tertiary/aromatic N) is 1. The lowest BCUT2D eigenvalue weighted by Crippen LogP contribution is -2.11. The second kappa shape index (κ2) is 5.08. The molecule has 1 heterocycles. The van der Waals surface area contributed by atoms with E-state index >= 15 is 0 Å². The number of likely N-dealkylation sites (N-methyl/N-ethyl adjacent to an activating group) is 1. The van der Waals surface area contributed by atoms with E-state index in [0.717, 1.165) is 18.9 Å². The van der Waals surface area contributed by atoms with Gasteiger partial charge in [0.05, 0.1) is 10.7 Å². The van der Waals surface area contributed by atoms with Gasteiger partial charge in [-0.25, -0.2) is 4.98 Å². The summed E-state index contributed by atoms with van der Waals surface area (Å²) in [5, 5.41) is 4.59. The Morgan fingerprint density at radius 1 is 1.40 bits per heavy atom. The lowest BCUT2D eigenvalue weighted by molar-refractivity contribution is 0.706. The van der Waals surface area contributed by atoms with Gasteiger partial charge in [-0.15, -0.1) is 11.3 Å². The van der Waals surface area contributed by atoms with E-state index in [-0.39, 0.29) is 0 Å². The molecule has 2 rings (SSSR count). The Morgan fingerprint density at radius 2 is 2.13 bits per heavy atom. The van der Waals surface area contributed by atoms with E-state index in [2.05, 4.69) is 12.2 Å². The minimum Gasteiger partial charge on any atom is -0.319 e. The summed E-state index contributed by atoms with van der Waals surface area (Å²) < 4.78 is 0. The molecule has 1 N–H and O–H groups in total. The molecule has 0 atom stereocenters. The van der Waals surface area contributed by atoms with Gasteiger partial charge in [0, 0.05) is 23.8 Å². The summed E-state index contributed by atoms with van der Waals surface area (Å²) in [4.78, 5) is 6.23. The lowest BCUT2D eigenvalue weighted by atomic mass is 10.1. The van der Waals surface area contributed by atoms with Gasteiger partial charge in [-0.05, 0) is 26.8 Å². The van der Waals surface area contributed by atoms with Crippen LogP contribution >= 0.6 is 11.3 Å². The molecule has 0 spiro atoms. The highest BCUT2D eigenvalue weighted by molar-refractivity contribution is 7.11. The van der Waals surface area contributed by atoms with Crippen molar-refractivity contribution in [1.29, 1.82) is 0 Å². The van der Waals surface area contributed by atoms with Gasteiger partial charge in [0.15, 0.2) is 0 Å². The first-order chi connectivity index (χ1) is 7.31. The van der Waals surface area contributed by atoms with Crippen molar-refractivity contribution in [2.45, 2.75) is 44.9 Å². The Hall–Kier alpha value is -0.410. The van der Waals surface area contributed by atoms with Crippen molar-refractivity contribution >= 4 is 11.3 Å². The molecule has 1 aliphatic carbocycles. The maximum Gasteiger partial charge on any atom is 0.0961 e. The van der Waals surface area contributed by atoms with Crippen LogP contribution in [0.15, 0.2) is 0 Å². The summed E-state index contributed by atoms with van der Waals surface area (Å²) in [5.41, 5.74) is 1.32. The van der Waals surface area contributed by atoms with Crippen LogP contribution in [-0.2, 0) is 6.42 Å². The molecule has 1 aromatic rings. The molecule has 0 radical (unpaired) electrons. The molecule has 15 heavy (non-hydrogen) atoms. The fourth-order valence-corrected chi connectivity index (χ4v) is 3.41. The van der Waals surface area contributed by atoms with Crippen LogP contribution in [0.1, 0.15) is 47.2 Å². The number of nitrogens with one attached hydrogen (secondary N) is 1. The van der Waals surface area contributed by atoms with Crippen molar-refractivity contribution in [2.24, 2.45) is 0 Å². The van der Waals surface area contributed by atoms with E-state index in [1.807, 2.05) is 18.4 Å². The van der Waals surface area contributed by atoms with Gasteiger partial charge in [-0.3, -0.25) is 0 Å². The summed E-state index contributed by atoms with van der Waals surface area (Å²) in [6.07, 6.45) is 6.59. The van der Waals surface area contributed by atoms with Crippen molar-refractivity contribution < 1.29 is 0 Å². The van der Waals surface area contributed by atoms with E-state index in [0.29, 0.717) is 0 Å². The largest absolute Gasteiger partial charge is 0.319 e. The summed E-state index contributed by atoms with van der Waals surface area (Å²) in [7, 11) is 2.00. The highest BCUT2D eigenvalue weighted by atomic mass is 32.1. The van der Waals surface area contributed by atoms with Crippen LogP contribution in [-0.4, -0.2) is 18.6 Å². The van der Waals surface area contributed by atoms with Crippen molar-refractivity contribution in [3.63, 3.8) is 0 Å². The first-order valence-corrected chi connectivity index (χ1v) is 6.73. The van der Waals surface area contributed by atoms with Gasteiger partial charge in [0.25, 0.3) is 0 Å². The number of aromatic nitrogens is 1. The fourth-order valence-electron chi connectivity index (χ4n) is 2.27. The van der Waals surface area contributed by atoms with Crippen molar-refractivity contribution in [3.05, 3.63) is 15.6 Å². The summed E-state index contributed by atoms with van der Waals surface area (Å²) >= 11 is 1.92. The van der Waals surface area contributed by atoms with Crippen LogP contribution in [0.3, 0.4) is 0 Å². The minimum atomic E-state index is 0.775. The van der Waals surface area contributed by atoms with Gasteiger partial charge < -0.3 is 5.32 Å². The molecule has 0 saturated heterocycles. The monoisotopic (exact) mass is 224 g/mol. The SMILES string of the molecule is CNCCc1nc(C2CCCC2)sc1C. The van der Waals surface area contributed by atoms with Crippen molar-refractivity contribution in [1.82, 2.24) is 10.3 Å². The quantitative estimate of drug-likeness (QED) is 0.850. The van der Waals surface area contributed by atoms with Gasteiger partial charge in [0.1, 0.15) is 0 Å². The molecule has 3 heteroatoms. The smallest absolute Gasteiger partial charge is 0.0961 e. The van der Waals surface area contributed by atoms with Crippen molar-refractivity contribution in [2.75, 3.05) is 13.6 Å². The van der Waals surface area contributed by atoms with Crippen molar-refractivity contribution in [3.8, 4) is 0 Å². The van der Waals surface area contributed by atoms with Crippen LogP contribution in [0, 0.1) is 6.92 Å². The zero-order valence-corrected chi connectivity index (χ0v) is 10.5. The molecule has 0 aliphatic heterocycles. The fraction of sp³-hybridized carbons (Fsp3) is 0.750. The van der Waals surface area contributed by atoms with Crippen LogP contribution in [0.5, 0.6) is 0 Å². The molecule has 0 bridgehead atoms. The first kappa shape index (κ1) is 11.1. The highest BCUT2D eigenvalue weighted by Crippen LogP contribution is 2.36. The summed E-state index contributed by atoms with van der Waals surface area (Å²) in [5.74, 6) is 0.775. The zero-order valence-electron chi connectivity index (χ0n) is 9.68. The lowest BCUT2D eigenvalue weighted by Gasteiger charge is -2.02. The first-order valence-electron chi connectivity index (χ1n) is 5.92. The standard InChI is InChI=1S/C12H20N2S/c1-9-11(7-8-13-2)14-12(15-9)10-5-3-4-6-10/h10,13H,3-8H2,1-2H3. The van der Waals surface area contributed by atoms with E-state index in [4.69, 9.17) is 4.98 Å². The number of thiazole rings is 1. The topological polar surface area (TPSA) is 24.9 Å². The van der Waals surface area contributed by atoms with Gasteiger partial charge in [-0.1, -0.05) is 12.8 Å². The molecule has 0 amide bonds. The Labute approximate surface area is 96.1 Å². The third kappa shape index (κ3) is 2.58. The average Bonchev–Trinajstić information content (AvgIpc) is 2.83. The van der Waals surface area contributed by atoms with E-state index in [1.165, 1.54) is 41.3 Å². The Balaban J connectivity index is 2.06. The predicted octanol–water partition coefficient (Wildman–Crippen LogP) is 2.87. The molecule has 1 fully saturated rings. The average molecular weight is 224 g/mol. The van der Waals surface area contributed by atoms with Crippen LogP contribution in [0.25, 0.3) is 0 Å².